The van der Waals surface area contributed by atoms with E-state index < -0.39 is 47.6 Å². The average molecular weight is 671 g/mol. The highest BCUT2D eigenvalue weighted by molar-refractivity contribution is 7.99. The maximum atomic E-state index is 13.8. The van der Waals surface area contributed by atoms with Gasteiger partial charge in [-0.1, -0.05) is 107 Å². The van der Waals surface area contributed by atoms with Crippen LogP contribution < -0.4 is 0 Å². The molecule has 3 aromatic carbocycles. The lowest BCUT2D eigenvalue weighted by Gasteiger charge is -2.46. The van der Waals surface area contributed by atoms with E-state index in [4.69, 9.17) is 60.6 Å². The van der Waals surface area contributed by atoms with Crippen LogP contribution in [0.5, 0.6) is 0 Å². The third-order valence-corrected chi connectivity index (χ3v) is 9.73. The molecule has 1 saturated heterocycles. The lowest BCUT2D eigenvalue weighted by Crippen LogP contribution is -2.65. The van der Waals surface area contributed by atoms with Crippen LogP contribution in [0.15, 0.2) is 65.6 Å². The normalized spacial score (nSPS) is 23.7. The van der Waals surface area contributed by atoms with Gasteiger partial charge in [-0.25, -0.2) is 0 Å². The van der Waals surface area contributed by atoms with Crippen molar-refractivity contribution in [2.45, 2.75) is 48.2 Å². The number of imide groups is 1. The van der Waals surface area contributed by atoms with Gasteiger partial charge in [0.1, 0.15) is 23.7 Å². The number of amides is 2. The van der Waals surface area contributed by atoms with Crippen LogP contribution in [0.4, 0.5) is 0 Å². The van der Waals surface area contributed by atoms with Crippen LogP contribution in [0.1, 0.15) is 33.2 Å². The van der Waals surface area contributed by atoms with E-state index in [-0.39, 0.29) is 44.4 Å². The third-order valence-electron chi connectivity index (χ3n) is 6.76. The Morgan fingerprint density at radius 2 is 1.45 bits per heavy atom. The number of hydrogen-bond donors (Lipinski definition) is 1. The van der Waals surface area contributed by atoms with Crippen molar-refractivity contribution >= 4 is 75.9 Å². The maximum absolute atomic E-state index is 13.8. The van der Waals surface area contributed by atoms with Gasteiger partial charge in [0.25, 0.3) is 11.8 Å². The predicted molar refractivity (Wildman–Crippen MR) is 159 cm³/mol. The lowest BCUT2D eigenvalue weighted by atomic mass is 9.96. The van der Waals surface area contributed by atoms with Gasteiger partial charge in [0.05, 0.1) is 44.4 Å². The Morgan fingerprint density at radius 1 is 0.905 bits per heavy atom. The van der Waals surface area contributed by atoms with Crippen LogP contribution in [-0.2, 0) is 25.6 Å². The first-order chi connectivity index (χ1) is 20.1. The molecular formula is C29H23Cl4NO7S. The zero-order valence-corrected chi connectivity index (χ0v) is 25.7. The van der Waals surface area contributed by atoms with Crippen LogP contribution >= 0.6 is 58.2 Å². The minimum Gasteiger partial charge on any atom is -0.457 e. The number of esters is 1. The van der Waals surface area contributed by atoms with Crippen LogP contribution in [0.25, 0.3) is 0 Å². The summed E-state index contributed by atoms with van der Waals surface area (Å²) in [6, 6.07) is 17.2. The summed E-state index contributed by atoms with van der Waals surface area (Å²) < 4.78 is 17.8. The Labute approximate surface area is 265 Å². The van der Waals surface area contributed by atoms with E-state index in [0.29, 0.717) is 0 Å². The van der Waals surface area contributed by atoms with Gasteiger partial charge in [-0.2, -0.15) is 0 Å². The van der Waals surface area contributed by atoms with Gasteiger partial charge in [0.15, 0.2) is 6.10 Å². The molecule has 220 valence electrons. The van der Waals surface area contributed by atoms with Crippen molar-refractivity contribution in [2.75, 3.05) is 6.61 Å². The highest BCUT2D eigenvalue weighted by atomic mass is 35.5. The average Bonchev–Trinajstić information content (AvgIpc) is 3.23. The number of aliphatic hydroxyl groups is 1. The van der Waals surface area contributed by atoms with Crippen molar-refractivity contribution in [2.24, 2.45) is 0 Å². The lowest BCUT2D eigenvalue weighted by molar-refractivity contribution is -0.204. The van der Waals surface area contributed by atoms with Crippen LogP contribution in [0.2, 0.25) is 20.1 Å². The van der Waals surface area contributed by atoms with E-state index in [9.17, 15) is 19.5 Å². The highest BCUT2D eigenvalue weighted by Gasteiger charge is 2.56. The fraction of sp³-hybridized carbons (Fsp3) is 0.276. The molecule has 2 aliphatic rings. The van der Waals surface area contributed by atoms with Crippen molar-refractivity contribution in [3.05, 3.63) is 97.4 Å². The van der Waals surface area contributed by atoms with Gasteiger partial charge in [-0.3, -0.25) is 19.3 Å². The standard InChI is InChI=1S/C29H23Cl4NO7S/c1-14(35)40-26-24(34-27(37)18-19(28(34)38)21(31)23(33)22(32)20(18)30)29(42-16-10-6-3-7-11-16)41-17(25(26)36)13-39-12-15-8-4-2-5-9-15/h2-11,17,24-26,29,36H,12-13H2,1H3/t17-,24-,25-,26-,29+/m1/s1. The fourth-order valence-corrected chi connectivity index (χ4v) is 7.09. The van der Waals surface area contributed by atoms with Crippen molar-refractivity contribution < 1.29 is 33.7 Å². The number of rotatable bonds is 8. The molecule has 0 spiro atoms. The quantitative estimate of drug-likeness (QED) is 0.129. The molecule has 2 amide bonds. The number of ether oxygens (including phenoxy) is 3. The fourth-order valence-electron chi connectivity index (χ4n) is 4.87. The number of aliphatic hydroxyl groups excluding tert-OH is 1. The van der Waals surface area contributed by atoms with E-state index in [1.54, 1.807) is 0 Å². The van der Waals surface area contributed by atoms with E-state index in [1.807, 2.05) is 60.7 Å². The topological polar surface area (TPSA) is 102 Å². The number of carbonyl (C=O) groups excluding carboxylic acids is 3. The predicted octanol–water partition coefficient (Wildman–Crippen LogP) is 6.29. The molecular weight excluding hydrogens is 648 g/mol. The van der Waals surface area contributed by atoms with E-state index in [2.05, 4.69) is 0 Å². The number of thioether (sulfide) groups is 1. The Balaban J connectivity index is 1.53. The zero-order valence-electron chi connectivity index (χ0n) is 21.8. The molecule has 1 N–H and O–H groups in total. The molecule has 0 aliphatic carbocycles. The molecule has 8 nitrogen and oxygen atoms in total. The molecule has 3 aromatic rings. The molecule has 0 aromatic heterocycles. The second kappa shape index (κ2) is 13.1. The van der Waals surface area contributed by atoms with Crippen molar-refractivity contribution in [3.8, 4) is 0 Å². The largest absolute Gasteiger partial charge is 0.457 e. The van der Waals surface area contributed by atoms with Crippen molar-refractivity contribution in [1.29, 1.82) is 0 Å². The molecule has 1 fully saturated rings. The number of nitrogens with zero attached hydrogens (tertiary/aromatic N) is 1. The summed E-state index contributed by atoms with van der Waals surface area (Å²) in [7, 11) is 0. The van der Waals surface area contributed by atoms with Gasteiger partial charge in [-0.05, 0) is 17.7 Å². The van der Waals surface area contributed by atoms with E-state index in [0.717, 1.165) is 22.3 Å². The van der Waals surface area contributed by atoms with E-state index in [1.165, 1.54) is 11.8 Å². The number of benzene rings is 3. The monoisotopic (exact) mass is 669 g/mol. The van der Waals surface area contributed by atoms with Crippen LogP contribution in [0, 0.1) is 0 Å². The van der Waals surface area contributed by atoms with Gasteiger partial charge >= 0.3 is 5.97 Å². The maximum Gasteiger partial charge on any atom is 0.303 e. The van der Waals surface area contributed by atoms with Crippen LogP contribution in [0.3, 0.4) is 0 Å². The van der Waals surface area contributed by atoms with Gasteiger partial charge in [0, 0.05) is 11.8 Å². The SMILES string of the molecule is CC(=O)O[C@H]1[C@H](O)[C@@H](COCc2ccccc2)O[C@@H](Sc2ccccc2)[C@@H]1N1C(=O)c2c(Cl)c(Cl)c(Cl)c(Cl)c2C1=O. The molecule has 5 atom stereocenters. The summed E-state index contributed by atoms with van der Waals surface area (Å²) in [5.41, 5.74) is -0.594. The van der Waals surface area contributed by atoms with Crippen LogP contribution in [-0.4, -0.2) is 64.2 Å². The Kier molecular flexibility index (Phi) is 9.71. The minimum atomic E-state index is -1.48. The molecule has 13 heteroatoms. The molecule has 5 rings (SSSR count). The molecule has 2 aliphatic heterocycles. The zero-order chi connectivity index (χ0) is 30.1. The third kappa shape index (κ3) is 6.02. The van der Waals surface area contributed by atoms with Gasteiger partial charge in [-0.15, -0.1) is 0 Å². The molecule has 42 heavy (non-hydrogen) atoms. The number of fused-ring (bicyclic) bond motifs is 1. The molecule has 0 bridgehead atoms. The second-order valence-electron chi connectivity index (χ2n) is 9.52. The highest BCUT2D eigenvalue weighted by Crippen LogP contribution is 2.47. The van der Waals surface area contributed by atoms with E-state index >= 15 is 0 Å². The molecule has 0 unspecified atom stereocenters. The Hall–Kier alpha value is -2.34. The first-order valence-corrected chi connectivity index (χ1v) is 15.1. The minimum absolute atomic E-state index is 0.0720. The van der Waals surface area contributed by atoms with Crippen molar-refractivity contribution in [3.63, 3.8) is 0 Å². The summed E-state index contributed by atoms with van der Waals surface area (Å²) in [6.45, 7) is 1.33. The first kappa shape index (κ1) is 31.1. The Morgan fingerprint density at radius 3 is 2.00 bits per heavy atom. The van der Waals surface area contributed by atoms with Gasteiger partial charge in [0.2, 0.25) is 0 Å². The first-order valence-electron chi connectivity index (χ1n) is 12.7. The van der Waals surface area contributed by atoms with Gasteiger partial charge < -0.3 is 19.3 Å². The molecule has 0 saturated carbocycles. The summed E-state index contributed by atoms with van der Waals surface area (Å²) in [5.74, 6) is -2.44. The summed E-state index contributed by atoms with van der Waals surface area (Å²) in [5, 5.41) is 10.6. The number of carbonyl (C=O) groups is 3. The second-order valence-corrected chi connectivity index (χ2v) is 12.2. The summed E-state index contributed by atoms with van der Waals surface area (Å²) >= 11 is 26.3. The van der Waals surface area contributed by atoms with Crippen molar-refractivity contribution in [1.82, 2.24) is 4.90 Å². The molecule has 2 heterocycles. The molecule has 0 radical (unpaired) electrons. The number of hydrogen-bond acceptors (Lipinski definition) is 8. The number of halogens is 4. The Bertz CT molecular complexity index is 1460. The summed E-state index contributed by atoms with van der Waals surface area (Å²) in [4.78, 5) is 41.5. The smallest absolute Gasteiger partial charge is 0.303 e. The summed E-state index contributed by atoms with van der Waals surface area (Å²) in [6.07, 6.45) is -3.86.